The SMILES string of the molecule is O=C(O)COc1ccc2cc(-c3ccccc3)ccc2c1-c1c(OCC(=O)O)ccc2cc(-c3ccccc3)ccc12. The summed E-state index contributed by atoms with van der Waals surface area (Å²) in [5, 5.41) is 22.3. The molecule has 0 bridgehead atoms. The Labute approximate surface area is 242 Å². The maximum Gasteiger partial charge on any atom is 0.341 e. The number of rotatable bonds is 9. The Morgan fingerprint density at radius 3 is 1.26 bits per heavy atom. The first-order valence-electron chi connectivity index (χ1n) is 13.4. The fourth-order valence-corrected chi connectivity index (χ4v) is 5.28. The van der Waals surface area contributed by atoms with E-state index in [1.54, 1.807) is 12.1 Å². The fourth-order valence-electron chi connectivity index (χ4n) is 5.28. The summed E-state index contributed by atoms with van der Waals surface area (Å²) in [6.45, 7) is -1.07. The molecular formula is C36H26O6. The van der Waals surface area contributed by atoms with E-state index in [0.717, 1.165) is 43.8 Å². The summed E-state index contributed by atoms with van der Waals surface area (Å²) in [5.74, 6) is -1.49. The van der Waals surface area contributed by atoms with Crippen LogP contribution in [0.2, 0.25) is 0 Å². The minimum absolute atomic E-state index is 0.358. The Hall–Kier alpha value is -5.62. The van der Waals surface area contributed by atoms with Gasteiger partial charge in [-0.1, -0.05) is 97.1 Å². The first-order valence-corrected chi connectivity index (χ1v) is 13.4. The summed E-state index contributed by atoms with van der Waals surface area (Å²) in [7, 11) is 0. The number of benzene rings is 6. The topological polar surface area (TPSA) is 93.1 Å². The molecule has 0 amide bonds. The average Bonchev–Trinajstić information content (AvgIpc) is 3.02. The van der Waals surface area contributed by atoms with Crippen molar-refractivity contribution in [1.82, 2.24) is 0 Å². The van der Waals surface area contributed by atoms with Gasteiger partial charge in [0.25, 0.3) is 0 Å². The van der Waals surface area contributed by atoms with Gasteiger partial charge in [-0.05, 0) is 68.1 Å². The number of fused-ring (bicyclic) bond motifs is 2. The van der Waals surface area contributed by atoms with Crippen LogP contribution in [0.3, 0.4) is 0 Å². The van der Waals surface area contributed by atoms with Crippen LogP contribution in [-0.2, 0) is 9.59 Å². The van der Waals surface area contributed by atoms with E-state index in [0.29, 0.717) is 22.6 Å². The molecule has 0 heterocycles. The fraction of sp³-hybridized carbons (Fsp3) is 0.0556. The van der Waals surface area contributed by atoms with E-state index in [4.69, 9.17) is 9.47 Å². The number of carboxylic acids is 2. The van der Waals surface area contributed by atoms with Crippen molar-refractivity contribution in [1.29, 1.82) is 0 Å². The number of ether oxygens (including phenoxy) is 2. The highest BCUT2D eigenvalue weighted by atomic mass is 16.5. The number of aliphatic carboxylic acids is 2. The van der Waals surface area contributed by atoms with Crippen LogP contribution in [0.1, 0.15) is 0 Å². The highest BCUT2D eigenvalue weighted by molar-refractivity contribution is 6.11. The van der Waals surface area contributed by atoms with Gasteiger partial charge in [-0.25, -0.2) is 9.59 Å². The van der Waals surface area contributed by atoms with E-state index in [-0.39, 0.29) is 0 Å². The van der Waals surface area contributed by atoms with Gasteiger partial charge in [0.2, 0.25) is 0 Å². The smallest absolute Gasteiger partial charge is 0.341 e. The molecule has 2 N–H and O–H groups in total. The van der Waals surface area contributed by atoms with Crippen molar-refractivity contribution in [3.05, 3.63) is 121 Å². The molecule has 6 rings (SSSR count). The molecule has 0 radical (unpaired) electrons. The second-order valence-corrected chi connectivity index (χ2v) is 9.85. The predicted octanol–water partition coefficient (Wildman–Crippen LogP) is 7.92. The molecule has 6 heteroatoms. The van der Waals surface area contributed by atoms with Crippen molar-refractivity contribution in [3.8, 4) is 44.9 Å². The molecule has 6 aromatic rings. The van der Waals surface area contributed by atoms with E-state index in [1.165, 1.54) is 0 Å². The molecular weight excluding hydrogens is 528 g/mol. The number of hydrogen-bond acceptors (Lipinski definition) is 4. The molecule has 0 atom stereocenters. The van der Waals surface area contributed by atoms with Crippen LogP contribution in [0.5, 0.6) is 11.5 Å². The standard InChI is InChI=1S/C36H26O6/c37-33(38)21-41-31-17-13-27-19-25(23-7-3-1-4-8-23)11-15-29(27)35(31)36-30-16-12-26(24-9-5-2-6-10-24)20-28(30)14-18-32(36)42-22-34(39)40/h1-20H,21-22H2,(H,37,38)(H,39,40). The van der Waals surface area contributed by atoms with Crippen LogP contribution in [0.15, 0.2) is 121 Å². The maximum absolute atomic E-state index is 11.5. The molecule has 6 nitrogen and oxygen atoms in total. The Bertz CT molecular complexity index is 1790. The molecule has 0 aromatic heterocycles. The van der Waals surface area contributed by atoms with Crippen LogP contribution in [-0.4, -0.2) is 35.4 Å². The summed E-state index contributed by atoms with van der Waals surface area (Å²) in [5.41, 5.74) is 5.45. The summed E-state index contributed by atoms with van der Waals surface area (Å²) in [6.07, 6.45) is 0. The zero-order valence-corrected chi connectivity index (χ0v) is 22.5. The summed E-state index contributed by atoms with van der Waals surface area (Å²) < 4.78 is 11.7. The Kier molecular flexibility index (Phi) is 7.26. The van der Waals surface area contributed by atoms with E-state index in [9.17, 15) is 19.8 Å². The third kappa shape index (κ3) is 5.38. The minimum Gasteiger partial charge on any atom is -0.481 e. The Morgan fingerprint density at radius 2 is 0.881 bits per heavy atom. The molecule has 206 valence electrons. The van der Waals surface area contributed by atoms with Crippen molar-refractivity contribution in [2.24, 2.45) is 0 Å². The lowest BCUT2D eigenvalue weighted by Gasteiger charge is -2.20. The van der Waals surface area contributed by atoms with E-state index in [2.05, 4.69) is 12.1 Å². The molecule has 0 saturated carbocycles. The lowest BCUT2D eigenvalue weighted by Crippen LogP contribution is -2.11. The van der Waals surface area contributed by atoms with Crippen LogP contribution in [0.4, 0.5) is 0 Å². The van der Waals surface area contributed by atoms with Crippen molar-refractivity contribution in [3.63, 3.8) is 0 Å². The number of carboxylic acid groups (broad SMARTS) is 2. The van der Waals surface area contributed by atoms with Gasteiger partial charge in [0.1, 0.15) is 11.5 Å². The van der Waals surface area contributed by atoms with Crippen LogP contribution in [0.25, 0.3) is 54.9 Å². The first kappa shape index (κ1) is 26.6. The zero-order valence-electron chi connectivity index (χ0n) is 22.5. The monoisotopic (exact) mass is 554 g/mol. The summed E-state index contributed by atoms with van der Waals surface area (Å²) in [4.78, 5) is 23.0. The van der Waals surface area contributed by atoms with Gasteiger partial charge in [-0.3, -0.25) is 0 Å². The molecule has 0 aliphatic carbocycles. The van der Waals surface area contributed by atoms with Crippen LogP contribution < -0.4 is 9.47 Å². The molecule has 0 saturated heterocycles. The minimum atomic E-state index is -1.10. The quantitative estimate of drug-likeness (QED) is 0.189. The van der Waals surface area contributed by atoms with Crippen LogP contribution in [0, 0.1) is 0 Å². The van der Waals surface area contributed by atoms with Gasteiger partial charge < -0.3 is 19.7 Å². The summed E-state index contributed by atoms with van der Waals surface area (Å²) >= 11 is 0. The Morgan fingerprint density at radius 1 is 0.476 bits per heavy atom. The van der Waals surface area contributed by atoms with E-state index >= 15 is 0 Å². The normalized spacial score (nSPS) is 11.0. The molecule has 0 spiro atoms. The van der Waals surface area contributed by atoms with Crippen molar-refractivity contribution >= 4 is 33.5 Å². The van der Waals surface area contributed by atoms with Gasteiger partial charge in [-0.2, -0.15) is 0 Å². The second-order valence-electron chi connectivity index (χ2n) is 9.85. The maximum atomic E-state index is 11.5. The molecule has 0 aliphatic rings. The van der Waals surface area contributed by atoms with E-state index in [1.807, 2.05) is 97.1 Å². The molecule has 42 heavy (non-hydrogen) atoms. The highest BCUT2D eigenvalue weighted by Gasteiger charge is 2.21. The third-order valence-corrected chi connectivity index (χ3v) is 7.13. The lowest BCUT2D eigenvalue weighted by molar-refractivity contribution is -0.140. The predicted molar refractivity (Wildman–Crippen MR) is 164 cm³/mol. The highest BCUT2D eigenvalue weighted by Crippen LogP contribution is 2.46. The molecule has 6 aromatic carbocycles. The van der Waals surface area contributed by atoms with Gasteiger partial charge in [0.15, 0.2) is 13.2 Å². The van der Waals surface area contributed by atoms with Crippen molar-refractivity contribution in [2.45, 2.75) is 0 Å². The second kappa shape index (κ2) is 11.5. The largest absolute Gasteiger partial charge is 0.481 e. The molecule has 0 fully saturated rings. The molecule has 0 aliphatic heterocycles. The van der Waals surface area contributed by atoms with Gasteiger partial charge >= 0.3 is 11.9 Å². The van der Waals surface area contributed by atoms with E-state index < -0.39 is 25.2 Å². The molecule has 0 unspecified atom stereocenters. The number of carbonyl (C=O) groups is 2. The Balaban J connectivity index is 1.62. The first-order chi connectivity index (χ1) is 20.5. The van der Waals surface area contributed by atoms with Crippen LogP contribution >= 0.6 is 0 Å². The van der Waals surface area contributed by atoms with Crippen molar-refractivity contribution < 1.29 is 29.3 Å². The van der Waals surface area contributed by atoms with Gasteiger partial charge in [-0.15, -0.1) is 0 Å². The number of hydrogen-bond donors (Lipinski definition) is 2. The van der Waals surface area contributed by atoms with Gasteiger partial charge in [0, 0.05) is 11.1 Å². The summed E-state index contributed by atoms with van der Waals surface area (Å²) in [6, 6.07) is 39.5. The average molecular weight is 555 g/mol. The lowest BCUT2D eigenvalue weighted by atomic mass is 9.90. The van der Waals surface area contributed by atoms with Gasteiger partial charge in [0.05, 0.1) is 0 Å². The third-order valence-electron chi connectivity index (χ3n) is 7.13. The zero-order chi connectivity index (χ0) is 29.1. The van der Waals surface area contributed by atoms with Crippen molar-refractivity contribution in [2.75, 3.05) is 13.2 Å².